The van der Waals surface area contributed by atoms with E-state index >= 15 is 0 Å². The Bertz CT molecular complexity index is 530. The Hall–Kier alpha value is -2.08. The quantitative estimate of drug-likeness (QED) is 0.476. The molecule has 0 fully saturated rings. The Morgan fingerprint density at radius 3 is 2.75 bits per heavy atom. The van der Waals surface area contributed by atoms with Crippen molar-refractivity contribution in [1.82, 2.24) is 0 Å². The number of rotatable bonds is 2. The summed E-state index contributed by atoms with van der Waals surface area (Å²) in [6, 6.07) is 6.15. The molecule has 1 aromatic carbocycles. The van der Waals surface area contributed by atoms with Gasteiger partial charge in [0.1, 0.15) is 5.75 Å². The molecule has 3 N–H and O–H groups in total. The first-order chi connectivity index (χ1) is 7.59. The van der Waals surface area contributed by atoms with E-state index in [4.69, 9.17) is 5.73 Å². The van der Waals surface area contributed by atoms with Gasteiger partial charge in [-0.2, -0.15) is 0 Å². The number of nitro groups is 1. The van der Waals surface area contributed by atoms with Crippen LogP contribution in [0, 0.1) is 10.1 Å². The van der Waals surface area contributed by atoms with E-state index in [2.05, 4.69) is 0 Å². The summed E-state index contributed by atoms with van der Waals surface area (Å²) in [5.74, 6) is 0.0210. The molecule has 1 heterocycles. The molecule has 5 nitrogen and oxygen atoms in total. The lowest BCUT2D eigenvalue weighted by molar-refractivity contribution is -0.380. The van der Waals surface area contributed by atoms with E-state index in [9.17, 15) is 15.2 Å². The average molecular weight is 236 g/mol. The van der Waals surface area contributed by atoms with Crippen molar-refractivity contribution < 1.29 is 10.0 Å². The minimum Gasteiger partial charge on any atom is -0.507 e. The predicted molar refractivity (Wildman–Crippen MR) is 62.5 cm³/mol. The van der Waals surface area contributed by atoms with Gasteiger partial charge in [0.2, 0.25) is 0 Å². The van der Waals surface area contributed by atoms with E-state index < -0.39 is 4.92 Å². The number of nitrogens with zero attached hydrogens (tertiary/aromatic N) is 1. The maximum absolute atomic E-state index is 10.5. The molecule has 1 aromatic heterocycles. The van der Waals surface area contributed by atoms with Gasteiger partial charge in [-0.1, -0.05) is 17.4 Å². The number of hydrogen-bond donors (Lipinski definition) is 2. The predicted octanol–water partition coefficient (Wildman–Crippen LogP) is 2.61. The van der Waals surface area contributed by atoms with E-state index in [0.717, 1.165) is 11.3 Å². The number of phenolic OH excluding ortho intramolecular Hbond substituents is 1. The fourth-order valence-electron chi connectivity index (χ4n) is 1.42. The van der Waals surface area contributed by atoms with Gasteiger partial charge < -0.3 is 10.8 Å². The van der Waals surface area contributed by atoms with Gasteiger partial charge in [-0.05, 0) is 12.1 Å². The molecule has 0 amide bonds. The number of benzene rings is 1. The first-order valence-electron chi connectivity index (χ1n) is 4.40. The number of aromatic hydroxyl groups is 1. The molecule has 0 aliphatic carbocycles. The number of nitrogen functional groups attached to an aromatic ring is 1. The molecular formula is C10H8N2O3S. The first-order valence-corrected chi connectivity index (χ1v) is 5.28. The van der Waals surface area contributed by atoms with Crippen molar-refractivity contribution in [1.29, 1.82) is 0 Å². The molecule has 0 spiro atoms. The summed E-state index contributed by atoms with van der Waals surface area (Å²) in [4.78, 5) is 10.1. The molecule has 0 atom stereocenters. The summed E-state index contributed by atoms with van der Waals surface area (Å²) in [5, 5.41) is 21.8. The van der Waals surface area contributed by atoms with Crippen LogP contribution in [-0.2, 0) is 0 Å². The molecule has 0 bridgehead atoms. The molecule has 0 aliphatic heterocycles. The van der Waals surface area contributed by atoms with Crippen molar-refractivity contribution in [3.63, 3.8) is 0 Å². The van der Waals surface area contributed by atoms with E-state index in [1.54, 1.807) is 17.5 Å². The number of hydrogen-bond acceptors (Lipinski definition) is 5. The highest BCUT2D eigenvalue weighted by atomic mass is 32.1. The number of phenols is 1. The second kappa shape index (κ2) is 3.82. The number of nitrogens with two attached hydrogens (primary N) is 1. The molecule has 0 radical (unpaired) electrons. The monoisotopic (exact) mass is 236 g/mol. The third-order valence-corrected chi connectivity index (χ3v) is 3.01. The number of thiophene rings is 1. The molecule has 6 heteroatoms. The SMILES string of the molecule is Nc1cccc(O)c1-c1csc([N+](=O)[O-])c1. The van der Waals surface area contributed by atoms with Crippen LogP contribution >= 0.6 is 11.3 Å². The lowest BCUT2D eigenvalue weighted by atomic mass is 10.1. The van der Waals surface area contributed by atoms with Crippen LogP contribution < -0.4 is 5.73 Å². The average Bonchev–Trinajstić information content (AvgIpc) is 2.66. The lowest BCUT2D eigenvalue weighted by Crippen LogP contribution is -1.89. The maximum Gasteiger partial charge on any atom is 0.324 e. The maximum atomic E-state index is 10.5. The minimum atomic E-state index is -0.468. The zero-order valence-electron chi connectivity index (χ0n) is 8.08. The Morgan fingerprint density at radius 2 is 2.19 bits per heavy atom. The van der Waals surface area contributed by atoms with Gasteiger partial charge in [0.05, 0.1) is 4.92 Å². The van der Waals surface area contributed by atoms with E-state index in [-0.39, 0.29) is 10.8 Å². The van der Waals surface area contributed by atoms with E-state index in [1.165, 1.54) is 12.1 Å². The Balaban J connectivity index is 2.54. The van der Waals surface area contributed by atoms with Crippen LogP contribution in [0.25, 0.3) is 11.1 Å². The van der Waals surface area contributed by atoms with Crippen LogP contribution in [0.4, 0.5) is 10.7 Å². The summed E-state index contributed by atoms with van der Waals surface area (Å²) >= 11 is 1.00. The van der Waals surface area contributed by atoms with Crippen LogP contribution in [0.1, 0.15) is 0 Å². The van der Waals surface area contributed by atoms with E-state index in [1.807, 2.05) is 0 Å². The fourth-order valence-corrected chi connectivity index (χ4v) is 2.14. The summed E-state index contributed by atoms with van der Waals surface area (Å²) in [5.41, 5.74) is 7.11. The standard InChI is InChI=1S/C10H8N2O3S/c11-7-2-1-3-8(13)10(7)6-4-9(12(14)15)16-5-6/h1-5,13H,11H2. The van der Waals surface area contributed by atoms with Crippen LogP contribution in [0.5, 0.6) is 5.75 Å². The first kappa shape index (κ1) is 10.4. The molecule has 82 valence electrons. The lowest BCUT2D eigenvalue weighted by Gasteiger charge is -2.04. The second-order valence-corrected chi connectivity index (χ2v) is 4.06. The molecule has 2 aromatic rings. The van der Waals surface area contributed by atoms with Gasteiger partial charge in [-0.15, -0.1) is 0 Å². The highest BCUT2D eigenvalue weighted by molar-refractivity contribution is 7.13. The van der Waals surface area contributed by atoms with Gasteiger partial charge in [0.15, 0.2) is 0 Å². The van der Waals surface area contributed by atoms with Crippen molar-refractivity contribution in [3.05, 3.63) is 39.8 Å². The van der Waals surface area contributed by atoms with Gasteiger partial charge in [0, 0.05) is 28.3 Å². The third-order valence-electron chi connectivity index (χ3n) is 2.13. The Kier molecular flexibility index (Phi) is 2.49. The summed E-state index contributed by atoms with van der Waals surface area (Å²) < 4.78 is 0. The van der Waals surface area contributed by atoms with Crippen molar-refractivity contribution >= 4 is 22.0 Å². The largest absolute Gasteiger partial charge is 0.507 e. The smallest absolute Gasteiger partial charge is 0.324 e. The Morgan fingerprint density at radius 1 is 1.44 bits per heavy atom. The van der Waals surface area contributed by atoms with Crippen LogP contribution in [0.3, 0.4) is 0 Å². The zero-order chi connectivity index (χ0) is 11.7. The van der Waals surface area contributed by atoms with Crippen molar-refractivity contribution in [3.8, 4) is 16.9 Å². The summed E-state index contributed by atoms with van der Waals surface area (Å²) in [6.45, 7) is 0. The normalized spacial score (nSPS) is 10.2. The second-order valence-electron chi connectivity index (χ2n) is 3.17. The number of anilines is 1. The minimum absolute atomic E-state index is 0.0210. The van der Waals surface area contributed by atoms with Crippen LogP contribution in [0.2, 0.25) is 0 Å². The molecule has 0 saturated heterocycles. The zero-order valence-corrected chi connectivity index (χ0v) is 8.90. The van der Waals surface area contributed by atoms with Crippen LogP contribution in [-0.4, -0.2) is 10.0 Å². The Labute approximate surface area is 94.9 Å². The molecule has 0 unspecified atom stereocenters. The topological polar surface area (TPSA) is 89.4 Å². The van der Waals surface area contributed by atoms with Gasteiger partial charge in [-0.3, -0.25) is 10.1 Å². The van der Waals surface area contributed by atoms with Crippen molar-refractivity contribution in [2.45, 2.75) is 0 Å². The van der Waals surface area contributed by atoms with Crippen LogP contribution in [0.15, 0.2) is 29.6 Å². The molecular weight excluding hydrogens is 228 g/mol. The highest BCUT2D eigenvalue weighted by Gasteiger charge is 2.15. The molecule has 0 aliphatic rings. The molecule has 16 heavy (non-hydrogen) atoms. The fraction of sp³-hybridized carbons (Fsp3) is 0. The van der Waals surface area contributed by atoms with E-state index in [0.29, 0.717) is 16.8 Å². The van der Waals surface area contributed by atoms with Crippen molar-refractivity contribution in [2.75, 3.05) is 5.73 Å². The summed E-state index contributed by atoms with van der Waals surface area (Å²) in [7, 11) is 0. The van der Waals surface area contributed by atoms with Crippen molar-refractivity contribution in [2.24, 2.45) is 0 Å². The summed E-state index contributed by atoms with van der Waals surface area (Å²) in [6.07, 6.45) is 0. The van der Waals surface area contributed by atoms with Gasteiger partial charge in [-0.25, -0.2) is 0 Å². The third kappa shape index (κ3) is 1.70. The van der Waals surface area contributed by atoms with Gasteiger partial charge >= 0.3 is 5.00 Å². The van der Waals surface area contributed by atoms with Gasteiger partial charge in [0.25, 0.3) is 0 Å². The highest BCUT2D eigenvalue weighted by Crippen LogP contribution is 2.38. The molecule has 2 rings (SSSR count). The molecule has 0 saturated carbocycles.